The van der Waals surface area contributed by atoms with Gasteiger partial charge < -0.3 is 14.7 Å². The predicted octanol–water partition coefficient (Wildman–Crippen LogP) is 16.5. The fraction of sp³-hybridized carbons (Fsp3) is 0.262. The third-order valence-corrected chi connectivity index (χ3v) is 18.0. The molecule has 1 aromatic heterocycles. The molecular weight excluding hydrogens is 866 g/mol. The Morgan fingerprint density at radius 1 is 0.486 bits per heavy atom. The molecule has 2 aliphatic carbocycles. The van der Waals surface area contributed by atoms with E-state index in [4.69, 9.17) is 0 Å². The van der Waals surface area contributed by atoms with Gasteiger partial charge in [0.1, 0.15) is 0 Å². The second-order valence-corrected chi connectivity index (χ2v) is 24.5. The summed E-state index contributed by atoms with van der Waals surface area (Å²) in [6.45, 7) is 18.9. The van der Waals surface area contributed by atoms with Crippen LogP contribution in [0.1, 0.15) is 112 Å². The summed E-state index contributed by atoms with van der Waals surface area (Å²) in [6, 6.07) is 57.8. The number of hydrogen-bond acceptors (Lipinski definition) is 4. The summed E-state index contributed by atoms with van der Waals surface area (Å²) < 4.78 is 30.2. The molecular formula is C65H62BN3S. The topological polar surface area (TPSA) is 9.72 Å². The van der Waals surface area contributed by atoms with Gasteiger partial charge >= 0.3 is 0 Å². The fourth-order valence-electron chi connectivity index (χ4n) is 13.5. The van der Waals surface area contributed by atoms with Gasteiger partial charge in [0.25, 0.3) is 6.71 Å². The van der Waals surface area contributed by atoms with Gasteiger partial charge in [-0.1, -0.05) is 134 Å². The Hall–Kier alpha value is -6.56. The highest BCUT2D eigenvalue weighted by molar-refractivity contribution is 7.25. The molecule has 2 aliphatic heterocycles. The summed E-state index contributed by atoms with van der Waals surface area (Å²) >= 11 is 1.81. The largest absolute Gasteiger partial charge is 0.311 e. The molecule has 0 bridgehead atoms. The average molecular weight is 931 g/mol. The van der Waals surface area contributed by atoms with Crippen LogP contribution in [-0.4, -0.2) is 6.71 Å². The summed E-state index contributed by atoms with van der Waals surface area (Å²) in [5.74, 6) is 0. The zero-order chi connectivity index (χ0) is 50.7. The van der Waals surface area contributed by atoms with Crippen molar-refractivity contribution in [2.24, 2.45) is 0 Å². The van der Waals surface area contributed by atoms with Crippen LogP contribution in [-0.2, 0) is 21.7 Å². The minimum absolute atomic E-state index is 0.0327. The molecule has 0 spiro atoms. The van der Waals surface area contributed by atoms with E-state index in [0.29, 0.717) is 5.56 Å². The molecule has 13 rings (SSSR count). The summed E-state index contributed by atoms with van der Waals surface area (Å²) in [6.07, 6.45) is 3.26. The molecule has 0 saturated heterocycles. The highest BCUT2D eigenvalue weighted by Crippen LogP contribution is 2.55. The second-order valence-electron chi connectivity index (χ2n) is 23.4. The molecule has 4 aliphatic rings. The van der Waals surface area contributed by atoms with Crippen LogP contribution in [0, 0.1) is 13.8 Å². The van der Waals surface area contributed by atoms with E-state index in [1.807, 2.05) is 23.5 Å². The maximum absolute atomic E-state index is 9.26. The maximum Gasteiger partial charge on any atom is 0.252 e. The lowest BCUT2D eigenvalue weighted by Crippen LogP contribution is -2.61. The van der Waals surface area contributed by atoms with E-state index in [-0.39, 0.29) is 28.4 Å². The van der Waals surface area contributed by atoms with E-state index in [1.165, 1.54) is 58.9 Å². The minimum atomic E-state index is -2.39. The van der Waals surface area contributed by atoms with E-state index in [1.54, 1.807) is 0 Å². The van der Waals surface area contributed by atoms with Crippen molar-refractivity contribution in [2.75, 3.05) is 14.7 Å². The smallest absolute Gasteiger partial charge is 0.252 e. The van der Waals surface area contributed by atoms with Gasteiger partial charge in [-0.15, -0.1) is 11.3 Å². The first kappa shape index (κ1) is 40.2. The normalized spacial score (nSPS) is 18.3. The number of benzene rings is 8. The zero-order valence-electron chi connectivity index (χ0n) is 45.0. The summed E-state index contributed by atoms with van der Waals surface area (Å²) in [4.78, 5) is 7.23. The van der Waals surface area contributed by atoms with E-state index in [0.717, 1.165) is 75.9 Å². The van der Waals surface area contributed by atoms with Crippen molar-refractivity contribution in [3.63, 3.8) is 0 Å². The van der Waals surface area contributed by atoms with Gasteiger partial charge in [0, 0.05) is 75.5 Å². The van der Waals surface area contributed by atoms with Crippen molar-refractivity contribution in [3.05, 3.63) is 191 Å². The molecule has 3 heterocycles. The SMILES string of the molecule is [2H]C([2H])([2H])c1cc2c3c(c1)N(c1cc4c(cc1C)C(C)(C)CCC4(C)C)c1cc4c(cc1B3c1ccc(N(c3ccccc3)c3ccccc3)cc1N2c1ccc2c(c1)sc1ccccc12)C(C)(C)CC4(C)C. The Labute approximate surface area is 423 Å². The van der Waals surface area contributed by atoms with E-state index in [2.05, 4.69) is 223 Å². The first-order valence-electron chi connectivity index (χ1n) is 26.8. The molecule has 0 unspecified atom stereocenters. The predicted molar refractivity (Wildman–Crippen MR) is 303 cm³/mol. The number of aryl methyl sites for hydroxylation is 2. The van der Waals surface area contributed by atoms with Gasteiger partial charge in [0.05, 0.1) is 0 Å². The van der Waals surface area contributed by atoms with Crippen LogP contribution >= 0.6 is 11.3 Å². The highest BCUT2D eigenvalue weighted by atomic mass is 32.1. The van der Waals surface area contributed by atoms with Gasteiger partial charge in [-0.25, -0.2) is 0 Å². The Balaban J connectivity index is 1.16. The average Bonchev–Trinajstić information content (AvgIpc) is 3.81. The molecule has 8 aromatic carbocycles. The van der Waals surface area contributed by atoms with Crippen molar-refractivity contribution in [2.45, 2.75) is 110 Å². The maximum atomic E-state index is 9.26. The first-order chi connectivity index (χ1) is 34.7. The monoisotopic (exact) mass is 930 g/mol. The Morgan fingerprint density at radius 3 is 1.74 bits per heavy atom. The van der Waals surface area contributed by atoms with Crippen LogP contribution in [0.2, 0.25) is 0 Å². The Bertz CT molecular complexity index is 3720. The van der Waals surface area contributed by atoms with Gasteiger partial charge in [-0.2, -0.15) is 0 Å². The van der Waals surface area contributed by atoms with Crippen molar-refractivity contribution >= 4 is 106 Å². The van der Waals surface area contributed by atoms with Crippen LogP contribution in [0.25, 0.3) is 20.2 Å². The molecule has 70 heavy (non-hydrogen) atoms. The molecule has 9 aromatic rings. The number of rotatable bonds is 5. The molecule has 3 nitrogen and oxygen atoms in total. The third kappa shape index (κ3) is 6.39. The van der Waals surface area contributed by atoms with Crippen LogP contribution < -0.4 is 31.1 Å². The highest BCUT2D eigenvalue weighted by Gasteiger charge is 2.49. The molecule has 0 amide bonds. The molecule has 0 saturated carbocycles. The number of para-hydroxylation sites is 2. The van der Waals surface area contributed by atoms with Gasteiger partial charge in [-0.3, -0.25) is 0 Å². The zero-order valence-corrected chi connectivity index (χ0v) is 42.8. The second kappa shape index (κ2) is 15.0. The lowest BCUT2D eigenvalue weighted by molar-refractivity contribution is 0.332. The van der Waals surface area contributed by atoms with E-state index < -0.39 is 6.85 Å². The van der Waals surface area contributed by atoms with Crippen LogP contribution in [0.3, 0.4) is 0 Å². The van der Waals surface area contributed by atoms with Crippen LogP contribution in [0.4, 0.5) is 51.2 Å². The summed E-state index contributed by atoms with van der Waals surface area (Å²) in [7, 11) is 0. The molecule has 5 heteroatoms. The van der Waals surface area contributed by atoms with Crippen LogP contribution in [0.15, 0.2) is 158 Å². The van der Waals surface area contributed by atoms with Gasteiger partial charge in [-0.05, 0) is 183 Å². The summed E-state index contributed by atoms with van der Waals surface area (Å²) in [5.41, 5.74) is 19.8. The lowest BCUT2D eigenvalue weighted by atomic mass is 9.33. The first-order valence-corrected chi connectivity index (χ1v) is 26.1. The fourth-order valence-corrected chi connectivity index (χ4v) is 14.7. The molecule has 0 atom stereocenters. The summed E-state index contributed by atoms with van der Waals surface area (Å²) in [5, 5.41) is 2.47. The Kier molecular flexibility index (Phi) is 8.60. The van der Waals surface area contributed by atoms with E-state index in [9.17, 15) is 4.11 Å². The van der Waals surface area contributed by atoms with Crippen LogP contribution in [0.5, 0.6) is 0 Å². The number of hydrogen-bond donors (Lipinski definition) is 0. The third-order valence-electron chi connectivity index (χ3n) is 16.9. The standard InChI is InChI=1S/C65H62BN3S/c1-40-31-57-61-58(32-40)69(54-37-50-48(33-41(54)2)62(3,4)29-30-63(50,5)6)56-38-51-49(64(7,8)39-65(51,9)10)36-53(56)66(61)52-28-26-44(67(42-19-13-11-14-20-42)43-21-15-12-16-22-43)34-55(52)68(57)45-25-27-47-46-23-17-18-24-59(46)70-60(47)35-45/h11-28,31-38H,29-30,39H2,1-10H3/i1D3. The molecule has 346 valence electrons. The number of nitrogens with zero attached hydrogens (tertiary/aromatic N) is 3. The number of thiophene rings is 1. The number of anilines is 9. The van der Waals surface area contributed by atoms with Crippen molar-refractivity contribution in [1.29, 1.82) is 0 Å². The molecule has 0 radical (unpaired) electrons. The van der Waals surface area contributed by atoms with E-state index >= 15 is 0 Å². The molecule has 0 fully saturated rings. The van der Waals surface area contributed by atoms with Gasteiger partial charge in [0.2, 0.25) is 0 Å². The van der Waals surface area contributed by atoms with Crippen molar-refractivity contribution < 1.29 is 4.11 Å². The van der Waals surface area contributed by atoms with Gasteiger partial charge in [0.15, 0.2) is 0 Å². The van der Waals surface area contributed by atoms with Crippen molar-refractivity contribution in [3.8, 4) is 0 Å². The lowest BCUT2D eigenvalue weighted by Gasteiger charge is -2.46. The minimum Gasteiger partial charge on any atom is -0.311 e. The number of fused-ring (bicyclic) bond motifs is 9. The quantitative estimate of drug-likeness (QED) is 0.159. The molecule has 0 N–H and O–H groups in total. The Morgan fingerprint density at radius 2 is 1.06 bits per heavy atom. The van der Waals surface area contributed by atoms with Crippen molar-refractivity contribution in [1.82, 2.24) is 0 Å².